The van der Waals surface area contributed by atoms with Crippen LogP contribution in [0.5, 0.6) is 0 Å². The summed E-state index contributed by atoms with van der Waals surface area (Å²) in [4.78, 5) is 30.1. The number of hydrogen-bond donors (Lipinski definition) is 3. The average Bonchev–Trinajstić information content (AvgIpc) is 2.10. The molecule has 0 aromatic heterocycles. The van der Waals surface area contributed by atoms with Gasteiger partial charge in [-0.25, -0.2) is 0 Å². The van der Waals surface area contributed by atoms with Gasteiger partial charge in [-0.3, -0.25) is 14.4 Å². The van der Waals surface area contributed by atoms with Crippen LogP contribution in [0, 0.1) is 38.2 Å². The van der Waals surface area contributed by atoms with Gasteiger partial charge in [-0.05, 0) is 41.5 Å². The van der Waals surface area contributed by atoms with Gasteiger partial charge in [0, 0.05) is 56.4 Å². The maximum atomic E-state index is 10.0. The van der Waals surface area contributed by atoms with Crippen LogP contribution in [0.4, 0.5) is 0 Å². The molecule has 0 aliphatic rings. The summed E-state index contributed by atoms with van der Waals surface area (Å²) in [6.45, 7) is 8.54. The van der Waals surface area contributed by atoms with Crippen LogP contribution in [-0.2, 0) is 14.4 Å². The predicted molar refractivity (Wildman–Crippen MR) is 84.8 cm³/mol. The maximum absolute atomic E-state index is 10.0. The normalized spacial score (nSPS) is 10.4. The molecule has 23 heavy (non-hydrogen) atoms. The number of aliphatic hydroxyl groups is 3. The van der Waals surface area contributed by atoms with Crippen molar-refractivity contribution >= 4 is 17.3 Å². The Labute approximate surface area is 167 Å². The first-order valence-electron chi connectivity index (χ1n) is 6.02. The third kappa shape index (κ3) is 62.9. The van der Waals surface area contributed by atoms with Crippen LogP contribution >= 0.6 is 0 Å². The number of carbonyl (C=O) groups excluding carboxylic acids is 3. The first-order chi connectivity index (χ1) is 9.38. The van der Waals surface area contributed by atoms with E-state index in [9.17, 15) is 14.4 Å². The van der Waals surface area contributed by atoms with E-state index in [1.54, 1.807) is 0 Å². The van der Waals surface area contributed by atoms with Crippen molar-refractivity contribution in [3.8, 4) is 0 Å². The summed E-state index contributed by atoms with van der Waals surface area (Å²) in [6.07, 6.45) is 3.50. The molecule has 0 amide bonds. The molecule has 5 N–H and O–H groups in total. The van der Waals surface area contributed by atoms with Gasteiger partial charge in [0.25, 0.3) is 0 Å². The fourth-order valence-corrected chi connectivity index (χ4v) is 0.882. The summed E-state index contributed by atoms with van der Waals surface area (Å²) >= 11 is 0. The first kappa shape index (κ1) is 33.5. The SMILES string of the molecule is CC(=O)/C=C(/C)O.CC(=O)/C=C(/C)O.CC(=O)/C=C(/C)O.O.[Dy]. The van der Waals surface area contributed by atoms with Crippen molar-refractivity contribution in [2.24, 2.45) is 0 Å². The van der Waals surface area contributed by atoms with Gasteiger partial charge in [-0.15, -0.1) is 0 Å². The molecule has 0 aliphatic heterocycles. The second kappa shape index (κ2) is 20.9. The van der Waals surface area contributed by atoms with E-state index in [0.29, 0.717) is 0 Å². The van der Waals surface area contributed by atoms with Crippen molar-refractivity contribution < 1.29 is 73.4 Å². The molecule has 0 aliphatic carbocycles. The second-order valence-corrected chi connectivity index (χ2v) is 4.19. The molecule has 0 unspecified atom stereocenters. The standard InChI is InChI=1S/3C5H8O2.Dy.H2O/c3*1-4(6)3-5(2)7;;/h3*3,6H,1-2H3;;1H2/b3*4-3-;;. The molecule has 8 heteroatoms. The number of allylic oxidation sites excluding steroid dienone is 6. The van der Waals surface area contributed by atoms with Crippen LogP contribution in [0.2, 0.25) is 0 Å². The molecular formula is C15H26DyO7. The number of carbonyl (C=O) groups is 3. The van der Waals surface area contributed by atoms with Crippen molar-refractivity contribution in [2.45, 2.75) is 41.5 Å². The zero-order valence-corrected chi connectivity index (χ0v) is 16.1. The molecule has 0 saturated carbocycles. The summed E-state index contributed by atoms with van der Waals surface area (Å²) in [6, 6.07) is 0. The van der Waals surface area contributed by atoms with Gasteiger partial charge in [0.15, 0.2) is 17.3 Å². The quantitative estimate of drug-likeness (QED) is 0.417. The summed E-state index contributed by atoms with van der Waals surface area (Å²) < 4.78 is 0. The molecule has 0 aromatic rings. The topological polar surface area (TPSA) is 143 Å². The molecule has 0 aromatic carbocycles. The minimum Gasteiger partial charge on any atom is -0.512 e. The second-order valence-electron chi connectivity index (χ2n) is 4.19. The number of aliphatic hydroxyl groups excluding tert-OH is 3. The Balaban J connectivity index is -0.0000000675. The van der Waals surface area contributed by atoms with Crippen molar-refractivity contribution in [3.05, 3.63) is 35.5 Å². The van der Waals surface area contributed by atoms with Gasteiger partial charge >= 0.3 is 0 Å². The van der Waals surface area contributed by atoms with E-state index in [1.807, 2.05) is 0 Å². The van der Waals surface area contributed by atoms with Crippen molar-refractivity contribution in [1.82, 2.24) is 0 Å². The van der Waals surface area contributed by atoms with E-state index in [4.69, 9.17) is 15.3 Å². The van der Waals surface area contributed by atoms with E-state index in [1.165, 1.54) is 59.8 Å². The average molecular weight is 481 g/mol. The maximum Gasteiger partial charge on any atom is 0.155 e. The summed E-state index contributed by atoms with van der Waals surface area (Å²) in [5, 5.41) is 25.1. The van der Waals surface area contributed by atoms with Crippen LogP contribution in [0.25, 0.3) is 0 Å². The summed E-state index contributed by atoms with van der Waals surface area (Å²) in [7, 11) is 0. The van der Waals surface area contributed by atoms with E-state index in [2.05, 4.69) is 0 Å². The molecular weight excluding hydrogens is 455 g/mol. The van der Waals surface area contributed by atoms with Gasteiger partial charge in [-0.1, -0.05) is 0 Å². The van der Waals surface area contributed by atoms with Crippen LogP contribution < -0.4 is 0 Å². The fraction of sp³-hybridized carbons (Fsp3) is 0.400. The Hall–Kier alpha value is -1.14. The molecule has 0 bridgehead atoms. The van der Waals surface area contributed by atoms with Gasteiger partial charge in [0.2, 0.25) is 0 Å². The Morgan fingerprint density at radius 3 is 0.696 bits per heavy atom. The Kier molecular flexibility index (Phi) is 30.4. The largest absolute Gasteiger partial charge is 0.512 e. The monoisotopic (exact) mass is 482 g/mol. The summed E-state index contributed by atoms with van der Waals surface area (Å²) in [5.74, 6) is -0.187. The molecule has 0 fully saturated rings. The Morgan fingerprint density at radius 2 is 0.696 bits per heavy atom. The van der Waals surface area contributed by atoms with Gasteiger partial charge < -0.3 is 20.8 Å². The smallest absolute Gasteiger partial charge is 0.155 e. The van der Waals surface area contributed by atoms with E-state index < -0.39 is 0 Å². The van der Waals surface area contributed by atoms with E-state index >= 15 is 0 Å². The molecule has 0 radical (unpaired) electrons. The zero-order chi connectivity index (χ0) is 17.6. The Bertz CT molecular complexity index is 370. The predicted octanol–water partition coefficient (Wildman–Crippen LogP) is 2.29. The number of rotatable bonds is 3. The fourth-order valence-electron chi connectivity index (χ4n) is 0.882. The molecule has 138 valence electrons. The molecule has 0 spiro atoms. The van der Waals surface area contributed by atoms with Crippen molar-refractivity contribution in [3.63, 3.8) is 0 Å². The minimum absolute atomic E-state index is 0. The third-order valence-electron chi connectivity index (χ3n) is 1.24. The molecule has 0 heterocycles. The van der Waals surface area contributed by atoms with Crippen LogP contribution in [0.3, 0.4) is 0 Å². The van der Waals surface area contributed by atoms with Crippen LogP contribution in [0.1, 0.15) is 41.5 Å². The Morgan fingerprint density at radius 1 is 0.565 bits per heavy atom. The minimum atomic E-state index is -0.125. The van der Waals surface area contributed by atoms with Crippen LogP contribution in [-0.4, -0.2) is 38.1 Å². The third-order valence-corrected chi connectivity index (χ3v) is 1.24. The molecule has 0 saturated heterocycles. The van der Waals surface area contributed by atoms with E-state index in [-0.39, 0.29) is 78.3 Å². The van der Waals surface area contributed by atoms with Crippen molar-refractivity contribution in [2.75, 3.05) is 0 Å². The van der Waals surface area contributed by atoms with Gasteiger partial charge in [0.1, 0.15) is 0 Å². The molecule has 0 atom stereocenters. The number of hydrogen-bond acceptors (Lipinski definition) is 6. The molecule has 0 rings (SSSR count). The van der Waals surface area contributed by atoms with Crippen LogP contribution in [0.15, 0.2) is 35.5 Å². The van der Waals surface area contributed by atoms with Gasteiger partial charge in [-0.2, -0.15) is 0 Å². The van der Waals surface area contributed by atoms with Crippen molar-refractivity contribution in [1.29, 1.82) is 0 Å². The zero-order valence-electron chi connectivity index (χ0n) is 14.1. The van der Waals surface area contributed by atoms with Gasteiger partial charge in [0.05, 0.1) is 17.3 Å². The first-order valence-corrected chi connectivity index (χ1v) is 6.02. The number of ketones is 3. The van der Waals surface area contributed by atoms with E-state index in [0.717, 1.165) is 0 Å². The summed E-state index contributed by atoms with van der Waals surface area (Å²) in [5.41, 5.74) is 0. The molecule has 7 nitrogen and oxygen atoms in total.